The third kappa shape index (κ3) is 5.91. The predicted molar refractivity (Wildman–Crippen MR) is 121 cm³/mol. The number of hydrogen-bond acceptors (Lipinski definition) is 6. The van der Waals surface area contributed by atoms with Crippen molar-refractivity contribution in [2.75, 3.05) is 12.8 Å². The summed E-state index contributed by atoms with van der Waals surface area (Å²) in [5.41, 5.74) is -0.263. The van der Waals surface area contributed by atoms with Crippen molar-refractivity contribution in [3.05, 3.63) is 52.9 Å². The maximum atomic E-state index is 12.6. The van der Waals surface area contributed by atoms with Gasteiger partial charge in [0.2, 0.25) is 0 Å². The van der Waals surface area contributed by atoms with E-state index in [2.05, 4.69) is 0 Å². The van der Waals surface area contributed by atoms with Crippen molar-refractivity contribution in [2.45, 2.75) is 63.2 Å². The molecule has 1 aromatic heterocycles. The van der Waals surface area contributed by atoms with E-state index in [1.165, 1.54) is 22.8 Å². The van der Waals surface area contributed by atoms with E-state index < -0.39 is 15.4 Å². The summed E-state index contributed by atoms with van der Waals surface area (Å²) in [5.74, 6) is 0.460. The zero-order chi connectivity index (χ0) is 23.7. The molecule has 2 aromatic rings. The minimum Gasteiger partial charge on any atom is -0.490 e. The molecule has 0 aliphatic carbocycles. The Hall–Kier alpha value is -2.81. The Morgan fingerprint density at radius 2 is 1.78 bits per heavy atom. The number of sulfone groups is 1. The molecule has 1 saturated heterocycles. The summed E-state index contributed by atoms with van der Waals surface area (Å²) in [7, 11) is -3.30. The topological polar surface area (TPSA) is 94.9 Å². The standard InChI is InChI=1S/C23H30N2O6S/c1-16-14-18(10-12-24(16)22(27)31-23(2,3)4)30-19-11-13-25(21(26)15-19)17-6-8-20(9-7-17)32(5,28)29/h6-9,11,13,15-16,18H,10,12,14H2,1-5H3. The van der Waals surface area contributed by atoms with E-state index in [0.717, 1.165) is 6.26 Å². The Bertz CT molecular complexity index is 1130. The van der Waals surface area contributed by atoms with Gasteiger partial charge in [0, 0.05) is 49.6 Å². The van der Waals surface area contributed by atoms with Crippen LogP contribution in [0, 0.1) is 0 Å². The second-order valence-electron chi connectivity index (χ2n) is 9.12. The fourth-order valence-corrected chi connectivity index (χ4v) is 4.25. The van der Waals surface area contributed by atoms with Gasteiger partial charge in [0.1, 0.15) is 17.5 Å². The van der Waals surface area contributed by atoms with Gasteiger partial charge in [-0.25, -0.2) is 13.2 Å². The Morgan fingerprint density at radius 3 is 2.31 bits per heavy atom. The maximum absolute atomic E-state index is 12.6. The highest BCUT2D eigenvalue weighted by Gasteiger charge is 2.32. The highest BCUT2D eigenvalue weighted by Crippen LogP contribution is 2.24. The Kier molecular flexibility index (Phi) is 6.69. The highest BCUT2D eigenvalue weighted by molar-refractivity contribution is 7.90. The first-order valence-corrected chi connectivity index (χ1v) is 12.4. The van der Waals surface area contributed by atoms with Crippen molar-refractivity contribution in [3.8, 4) is 11.4 Å². The zero-order valence-corrected chi connectivity index (χ0v) is 19.9. The van der Waals surface area contributed by atoms with Gasteiger partial charge in [0.15, 0.2) is 9.84 Å². The number of carbonyl (C=O) groups excluding carboxylic acids is 1. The number of ether oxygens (including phenoxy) is 2. The molecule has 2 heterocycles. The van der Waals surface area contributed by atoms with E-state index >= 15 is 0 Å². The maximum Gasteiger partial charge on any atom is 0.410 e. The highest BCUT2D eigenvalue weighted by atomic mass is 32.2. The van der Waals surface area contributed by atoms with Gasteiger partial charge in [-0.3, -0.25) is 9.36 Å². The summed E-state index contributed by atoms with van der Waals surface area (Å²) in [6.07, 6.45) is 3.57. The molecule has 3 rings (SSSR count). The number of hydrogen-bond donors (Lipinski definition) is 0. The average molecular weight is 463 g/mol. The van der Waals surface area contributed by atoms with Crippen molar-refractivity contribution in [1.29, 1.82) is 0 Å². The molecule has 174 valence electrons. The molecule has 0 saturated carbocycles. The van der Waals surface area contributed by atoms with Gasteiger partial charge in [-0.15, -0.1) is 0 Å². The van der Waals surface area contributed by atoms with Crippen LogP contribution in [0.4, 0.5) is 4.79 Å². The molecule has 0 radical (unpaired) electrons. The summed E-state index contributed by atoms with van der Waals surface area (Å²) in [6, 6.07) is 9.20. The number of pyridine rings is 1. The molecule has 0 bridgehead atoms. The summed E-state index contributed by atoms with van der Waals surface area (Å²) in [5, 5.41) is 0. The largest absolute Gasteiger partial charge is 0.490 e. The van der Waals surface area contributed by atoms with Gasteiger partial charge < -0.3 is 14.4 Å². The molecule has 8 nitrogen and oxygen atoms in total. The molecule has 1 aliphatic rings. The lowest BCUT2D eigenvalue weighted by atomic mass is 10.0. The van der Waals surface area contributed by atoms with Crippen LogP contribution in [0.3, 0.4) is 0 Å². The number of amides is 1. The summed E-state index contributed by atoms with van der Waals surface area (Å²) in [4.78, 5) is 26.9. The fraction of sp³-hybridized carbons (Fsp3) is 0.478. The second-order valence-corrected chi connectivity index (χ2v) is 11.1. The molecule has 32 heavy (non-hydrogen) atoms. The average Bonchev–Trinajstić information content (AvgIpc) is 2.66. The van der Waals surface area contributed by atoms with E-state index in [9.17, 15) is 18.0 Å². The van der Waals surface area contributed by atoms with Gasteiger partial charge in [0.25, 0.3) is 5.56 Å². The molecule has 0 spiro atoms. The summed E-state index contributed by atoms with van der Waals surface area (Å²) in [6.45, 7) is 8.00. The van der Waals surface area contributed by atoms with Gasteiger partial charge in [0.05, 0.1) is 4.90 Å². The molecule has 9 heteroatoms. The number of piperidine rings is 1. The van der Waals surface area contributed by atoms with Crippen LogP contribution in [0.2, 0.25) is 0 Å². The number of likely N-dealkylation sites (tertiary alicyclic amines) is 1. The monoisotopic (exact) mass is 462 g/mol. The van der Waals surface area contributed by atoms with Crippen LogP contribution >= 0.6 is 0 Å². The molecule has 1 aromatic carbocycles. The molecule has 0 N–H and O–H groups in total. The minimum atomic E-state index is -3.30. The fourth-order valence-electron chi connectivity index (χ4n) is 3.62. The number of benzene rings is 1. The van der Waals surface area contributed by atoms with E-state index in [-0.39, 0.29) is 28.7 Å². The Labute approximate surface area is 188 Å². The van der Waals surface area contributed by atoms with Crippen molar-refractivity contribution in [2.24, 2.45) is 0 Å². The molecule has 1 fully saturated rings. The van der Waals surface area contributed by atoms with E-state index in [1.54, 1.807) is 29.3 Å². The first-order valence-electron chi connectivity index (χ1n) is 10.5. The zero-order valence-electron chi connectivity index (χ0n) is 19.1. The lowest BCUT2D eigenvalue weighted by Crippen LogP contribution is -2.49. The van der Waals surface area contributed by atoms with Gasteiger partial charge in [-0.05, 0) is 58.0 Å². The quantitative estimate of drug-likeness (QED) is 0.691. The van der Waals surface area contributed by atoms with Crippen LogP contribution < -0.4 is 10.3 Å². The van der Waals surface area contributed by atoms with Crippen LogP contribution in [0.25, 0.3) is 5.69 Å². The minimum absolute atomic E-state index is 0.0441. The lowest BCUT2D eigenvalue weighted by molar-refractivity contribution is -0.00105. The molecule has 1 aliphatic heterocycles. The summed E-state index contributed by atoms with van der Waals surface area (Å²) >= 11 is 0. The van der Waals surface area contributed by atoms with Gasteiger partial charge >= 0.3 is 6.09 Å². The van der Waals surface area contributed by atoms with Gasteiger partial charge in [-0.2, -0.15) is 0 Å². The molecular weight excluding hydrogens is 432 g/mol. The lowest BCUT2D eigenvalue weighted by Gasteiger charge is -2.38. The first kappa shape index (κ1) is 23.8. The van der Waals surface area contributed by atoms with E-state index in [1.807, 2.05) is 27.7 Å². The van der Waals surface area contributed by atoms with Crippen molar-refractivity contribution >= 4 is 15.9 Å². The normalized spacial score (nSPS) is 19.5. The molecular formula is C23H30N2O6S. The Balaban J connectivity index is 1.65. The smallest absolute Gasteiger partial charge is 0.410 e. The summed E-state index contributed by atoms with van der Waals surface area (Å²) < 4.78 is 36.1. The third-order valence-electron chi connectivity index (χ3n) is 5.19. The SMILES string of the molecule is CC1CC(Oc2ccn(-c3ccc(S(C)(=O)=O)cc3)c(=O)c2)CCN1C(=O)OC(C)(C)C. The van der Waals surface area contributed by atoms with Crippen LogP contribution in [-0.4, -0.2) is 54.5 Å². The van der Waals surface area contributed by atoms with Crippen molar-refractivity contribution in [1.82, 2.24) is 9.47 Å². The van der Waals surface area contributed by atoms with Gasteiger partial charge in [-0.1, -0.05) is 0 Å². The molecule has 2 unspecified atom stereocenters. The van der Waals surface area contributed by atoms with Crippen LogP contribution in [0.5, 0.6) is 5.75 Å². The van der Waals surface area contributed by atoms with Crippen LogP contribution in [0.1, 0.15) is 40.5 Å². The number of carbonyl (C=O) groups is 1. The second kappa shape index (κ2) is 8.97. The first-order chi connectivity index (χ1) is 14.8. The third-order valence-corrected chi connectivity index (χ3v) is 6.32. The molecule has 2 atom stereocenters. The predicted octanol–water partition coefficient (Wildman–Crippen LogP) is 3.41. The van der Waals surface area contributed by atoms with Crippen LogP contribution in [0.15, 0.2) is 52.3 Å². The number of nitrogens with zero attached hydrogens (tertiary/aromatic N) is 2. The van der Waals surface area contributed by atoms with Crippen molar-refractivity contribution < 1.29 is 22.7 Å². The Morgan fingerprint density at radius 1 is 1.12 bits per heavy atom. The number of rotatable bonds is 4. The van der Waals surface area contributed by atoms with Crippen LogP contribution in [-0.2, 0) is 14.6 Å². The van der Waals surface area contributed by atoms with E-state index in [4.69, 9.17) is 9.47 Å². The number of aromatic nitrogens is 1. The molecule has 1 amide bonds. The van der Waals surface area contributed by atoms with Crippen molar-refractivity contribution in [3.63, 3.8) is 0 Å². The van der Waals surface area contributed by atoms with E-state index in [0.29, 0.717) is 30.8 Å².